The molecule has 1 atom stereocenters. The molecule has 3 heterocycles. The Morgan fingerprint density at radius 1 is 1.18 bits per heavy atom. The third-order valence-electron chi connectivity index (χ3n) is 6.04. The summed E-state index contributed by atoms with van der Waals surface area (Å²) in [7, 11) is 0. The molecule has 4 rings (SSSR count). The number of aromatic nitrogens is 4. The molecule has 3 aromatic rings. The lowest BCUT2D eigenvalue weighted by Gasteiger charge is -2.32. The lowest BCUT2D eigenvalue weighted by molar-refractivity contribution is 0.0791. The van der Waals surface area contributed by atoms with E-state index in [0.717, 1.165) is 29.4 Å². The number of rotatable bonds is 7. The van der Waals surface area contributed by atoms with Gasteiger partial charge in [0.1, 0.15) is 11.4 Å². The zero-order valence-corrected chi connectivity index (χ0v) is 18.9. The Morgan fingerprint density at radius 2 is 1.94 bits per heavy atom. The molecule has 0 saturated carbocycles. The second-order valence-electron chi connectivity index (χ2n) is 8.25. The highest BCUT2D eigenvalue weighted by atomic mass is 16.5. The van der Waals surface area contributed by atoms with Crippen LogP contribution in [0.2, 0.25) is 0 Å². The van der Waals surface area contributed by atoms with Crippen LogP contribution in [0, 0.1) is 6.92 Å². The number of nitrogens with two attached hydrogens (primary N) is 1. The van der Waals surface area contributed by atoms with Crippen molar-refractivity contribution >= 4 is 11.6 Å². The van der Waals surface area contributed by atoms with Crippen LogP contribution in [0.1, 0.15) is 59.9 Å². The zero-order valence-electron chi connectivity index (χ0n) is 18.9. The summed E-state index contributed by atoms with van der Waals surface area (Å²) in [4.78, 5) is 45.7. The number of likely N-dealkylation sites (tertiary alicyclic amines) is 1. The first-order valence-corrected chi connectivity index (χ1v) is 11.1. The van der Waals surface area contributed by atoms with Gasteiger partial charge in [-0.3, -0.25) is 23.6 Å². The Kier molecular flexibility index (Phi) is 6.55. The number of benzene rings is 1. The van der Waals surface area contributed by atoms with Crippen molar-refractivity contribution in [3.63, 3.8) is 0 Å². The number of carbonyl (C=O) groups is 1. The maximum Gasteiger partial charge on any atom is 0.332 e. The second-order valence-corrected chi connectivity index (χ2v) is 8.25. The van der Waals surface area contributed by atoms with E-state index in [4.69, 9.17) is 10.3 Å². The van der Waals surface area contributed by atoms with Crippen molar-refractivity contribution in [2.45, 2.75) is 52.2 Å². The molecule has 10 nitrogen and oxygen atoms in total. The fourth-order valence-corrected chi connectivity index (χ4v) is 4.35. The van der Waals surface area contributed by atoms with Gasteiger partial charge in [0.25, 0.3) is 5.56 Å². The maximum absolute atomic E-state index is 13.4. The number of ketones is 1. The maximum atomic E-state index is 13.4. The molecule has 1 aliphatic rings. The van der Waals surface area contributed by atoms with Gasteiger partial charge < -0.3 is 10.3 Å². The van der Waals surface area contributed by atoms with Gasteiger partial charge in [-0.2, -0.15) is 4.98 Å². The quantitative estimate of drug-likeness (QED) is 0.537. The average molecular weight is 453 g/mol. The van der Waals surface area contributed by atoms with Gasteiger partial charge in [-0.1, -0.05) is 41.9 Å². The molecule has 1 saturated heterocycles. The van der Waals surface area contributed by atoms with E-state index >= 15 is 0 Å². The van der Waals surface area contributed by atoms with E-state index in [1.165, 1.54) is 4.57 Å². The van der Waals surface area contributed by atoms with Crippen LogP contribution >= 0.6 is 0 Å². The molecule has 10 heteroatoms. The van der Waals surface area contributed by atoms with E-state index in [2.05, 4.69) is 10.1 Å². The lowest BCUT2D eigenvalue weighted by Crippen LogP contribution is -2.46. The van der Waals surface area contributed by atoms with Gasteiger partial charge in [0.2, 0.25) is 5.89 Å². The van der Waals surface area contributed by atoms with Crippen LogP contribution in [0.25, 0.3) is 0 Å². The summed E-state index contributed by atoms with van der Waals surface area (Å²) in [6.07, 6.45) is 2.67. The van der Waals surface area contributed by atoms with Crippen LogP contribution in [-0.4, -0.2) is 43.0 Å². The minimum atomic E-state index is -0.656. The number of hydrogen-bond acceptors (Lipinski definition) is 8. The number of hydrogen-bond donors (Lipinski definition) is 1. The Hall–Kier alpha value is -3.53. The number of nitrogen functional groups attached to an aromatic ring is 1. The van der Waals surface area contributed by atoms with E-state index in [-0.39, 0.29) is 37.1 Å². The van der Waals surface area contributed by atoms with E-state index in [1.54, 1.807) is 13.8 Å². The van der Waals surface area contributed by atoms with Crippen molar-refractivity contribution < 1.29 is 9.32 Å². The minimum absolute atomic E-state index is 0.0290. The molecule has 2 aromatic heterocycles. The molecule has 1 aliphatic heterocycles. The van der Waals surface area contributed by atoms with Crippen molar-refractivity contribution in [2.75, 3.05) is 18.8 Å². The van der Waals surface area contributed by atoms with Gasteiger partial charge in [-0.05, 0) is 38.8 Å². The molecule has 0 radical (unpaired) electrons. The van der Waals surface area contributed by atoms with Gasteiger partial charge >= 0.3 is 5.69 Å². The van der Waals surface area contributed by atoms with Gasteiger partial charge in [-0.25, -0.2) is 4.79 Å². The van der Waals surface area contributed by atoms with Crippen LogP contribution in [-0.2, 0) is 13.1 Å². The number of piperidine rings is 1. The van der Waals surface area contributed by atoms with E-state index in [1.807, 2.05) is 35.2 Å². The fraction of sp³-hybridized carbons (Fsp3) is 0.435. The average Bonchev–Trinajstić information content (AvgIpc) is 3.24. The summed E-state index contributed by atoms with van der Waals surface area (Å²) in [5, 5.41) is 3.87. The van der Waals surface area contributed by atoms with E-state index < -0.39 is 17.0 Å². The molecule has 2 N–H and O–H groups in total. The topological polar surface area (TPSA) is 129 Å². The number of carbonyl (C=O) groups excluding carboxylic acids is 1. The molecule has 0 spiro atoms. The smallest absolute Gasteiger partial charge is 0.332 e. The fourth-order valence-electron chi connectivity index (χ4n) is 4.35. The summed E-state index contributed by atoms with van der Waals surface area (Å²) in [5.74, 6) is 0.466. The molecule has 33 heavy (non-hydrogen) atoms. The predicted octanol–water partition coefficient (Wildman–Crippen LogP) is 1.76. The normalized spacial score (nSPS) is 16.7. The summed E-state index contributed by atoms with van der Waals surface area (Å²) >= 11 is 0. The molecule has 0 aliphatic carbocycles. The summed E-state index contributed by atoms with van der Waals surface area (Å²) < 4.78 is 7.71. The minimum Gasteiger partial charge on any atom is -0.384 e. The highest BCUT2D eigenvalue weighted by Gasteiger charge is 2.32. The van der Waals surface area contributed by atoms with Crippen LogP contribution in [0.4, 0.5) is 5.82 Å². The molecule has 0 amide bonds. The Labute approximate surface area is 190 Å². The van der Waals surface area contributed by atoms with Gasteiger partial charge in [0, 0.05) is 6.54 Å². The van der Waals surface area contributed by atoms with Crippen molar-refractivity contribution in [3.8, 4) is 0 Å². The molecule has 1 fully saturated rings. The van der Waals surface area contributed by atoms with Gasteiger partial charge in [-0.15, -0.1) is 0 Å². The van der Waals surface area contributed by atoms with Gasteiger partial charge in [0.05, 0.1) is 19.1 Å². The first-order chi connectivity index (χ1) is 15.9. The number of anilines is 1. The number of aryl methyl sites for hydroxylation is 1. The third kappa shape index (κ3) is 4.51. The monoisotopic (exact) mass is 452 g/mol. The largest absolute Gasteiger partial charge is 0.384 e. The SMILES string of the molecule is CCn1c(=O)c(C(=O)CN2CCCCC2c2nc(C)no2)c(N)n(Cc2ccccc2)c1=O. The van der Waals surface area contributed by atoms with E-state index in [0.29, 0.717) is 18.3 Å². The Morgan fingerprint density at radius 3 is 2.61 bits per heavy atom. The molecule has 174 valence electrons. The number of nitrogens with zero attached hydrogens (tertiary/aromatic N) is 5. The Bertz CT molecular complexity index is 1260. The zero-order chi connectivity index (χ0) is 23.5. The standard InChI is InChI=1S/C23H28N6O4/c1-3-28-22(31)19(20(24)29(23(28)32)13-16-9-5-4-6-10-16)18(30)14-27-12-8-7-11-17(27)21-25-15(2)26-33-21/h4-6,9-10,17H,3,7-8,11-14,24H2,1-2H3. The van der Waals surface area contributed by atoms with Crippen molar-refractivity contribution in [3.05, 3.63) is 74.0 Å². The third-order valence-corrected chi connectivity index (χ3v) is 6.04. The van der Waals surface area contributed by atoms with Crippen molar-refractivity contribution in [2.24, 2.45) is 0 Å². The lowest BCUT2D eigenvalue weighted by atomic mass is 10.0. The second kappa shape index (κ2) is 9.53. The summed E-state index contributed by atoms with van der Waals surface area (Å²) in [6, 6.07) is 9.10. The van der Waals surface area contributed by atoms with Crippen LogP contribution in [0.5, 0.6) is 0 Å². The van der Waals surface area contributed by atoms with Crippen LogP contribution in [0.3, 0.4) is 0 Å². The number of Topliss-reactive ketones (excluding diaryl/α,β-unsaturated/α-hetero) is 1. The molecule has 1 aromatic carbocycles. The molecular formula is C23H28N6O4. The predicted molar refractivity (Wildman–Crippen MR) is 122 cm³/mol. The van der Waals surface area contributed by atoms with Crippen molar-refractivity contribution in [1.82, 2.24) is 24.2 Å². The highest BCUT2D eigenvalue weighted by molar-refractivity contribution is 6.01. The van der Waals surface area contributed by atoms with Gasteiger partial charge in [0.15, 0.2) is 11.6 Å². The molecular weight excluding hydrogens is 424 g/mol. The molecule has 0 bridgehead atoms. The first kappa shape index (κ1) is 22.7. The van der Waals surface area contributed by atoms with Crippen LogP contribution in [0.15, 0.2) is 44.4 Å². The first-order valence-electron chi connectivity index (χ1n) is 11.1. The highest BCUT2D eigenvalue weighted by Crippen LogP contribution is 2.30. The Balaban J connectivity index is 1.70. The summed E-state index contributed by atoms with van der Waals surface area (Å²) in [6.45, 7) is 4.37. The molecule has 1 unspecified atom stereocenters. The summed E-state index contributed by atoms with van der Waals surface area (Å²) in [5.41, 5.74) is 5.78. The van der Waals surface area contributed by atoms with Crippen LogP contribution < -0.4 is 17.0 Å². The van der Waals surface area contributed by atoms with E-state index in [9.17, 15) is 14.4 Å². The van der Waals surface area contributed by atoms with Crippen molar-refractivity contribution in [1.29, 1.82) is 0 Å².